The quantitative estimate of drug-likeness (QED) is 0.663. The van der Waals surface area contributed by atoms with Crippen LogP contribution in [0.2, 0.25) is 5.02 Å². The fourth-order valence-corrected chi connectivity index (χ4v) is 1.95. The molecule has 92 valence electrons. The molecule has 1 aromatic rings. The zero-order valence-electron chi connectivity index (χ0n) is 9.19. The molecule has 17 heavy (non-hydrogen) atoms. The SMILES string of the molecule is O=[N+]([O-])c1ccc(Cl)c(OCC2CCNC2)c1. The molecule has 1 N–H and O–H groups in total. The van der Waals surface area contributed by atoms with E-state index in [0.29, 0.717) is 23.3 Å². The summed E-state index contributed by atoms with van der Waals surface area (Å²) in [5, 5.41) is 14.3. The number of non-ortho nitro benzene ring substituents is 1. The van der Waals surface area contributed by atoms with Crippen molar-refractivity contribution in [2.24, 2.45) is 5.92 Å². The third-order valence-electron chi connectivity index (χ3n) is 2.76. The van der Waals surface area contributed by atoms with Gasteiger partial charge in [0.2, 0.25) is 0 Å². The van der Waals surface area contributed by atoms with Gasteiger partial charge in [-0.25, -0.2) is 0 Å². The molecule has 1 heterocycles. The summed E-state index contributed by atoms with van der Waals surface area (Å²) in [7, 11) is 0. The lowest BCUT2D eigenvalue weighted by Gasteiger charge is -2.11. The van der Waals surface area contributed by atoms with Gasteiger partial charge >= 0.3 is 0 Å². The molecule has 1 saturated heterocycles. The first-order valence-corrected chi connectivity index (χ1v) is 5.82. The minimum Gasteiger partial charge on any atom is -0.491 e. The van der Waals surface area contributed by atoms with Gasteiger partial charge in [-0.3, -0.25) is 10.1 Å². The van der Waals surface area contributed by atoms with Crippen LogP contribution in [0.4, 0.5) is 5.69 Å². The number of halogens is 1. The van der Waals surface area contributed by atoms with Crippen molar-refractivity contribution in [2.45, 2.75) is 6.42 Å². The largest absolute Gasteiger partial charge is 0.491 e. The number of nitro benzene ring substituents is 1. The van der Waals surface area contributed by atoms with E-state index in [-0.39, 0.29) is 5.69 Å². The summed E-state index contributed by atoms with van der Waals surface area (Å²) in [6.07, 6.45) is 1.06. The van der Waals surface area contributed by atoms with Gasteiger partial charge in [0, 0.05) is 18.5 Å². The van der Waals surface area contributed by atoms with Crippen LogP contribution in [-0.2, 0) is 0 Å². The van der Waals surface area contributed by atoms with Crippen molar-refractivity contribution >= 4 is 17.3 Å². The van der Waals surface area contributed by atoms with Gasteiger partial charge in [0.15, 0.2) is 0 Å². The summed E-state index contributed by atoms with van der Waals surface area (Å²) in [4.78, 5) is 10.2. The molecule has 0 spiro atoms. The van der Waals surface area contributed by atoms with E-state index >= 15 is 0 Å². The van der Waals surface area contributed by atoms with Gasteiger partial charge in [0.05, 0.1) is 22.6 Å². The highest BCUT2D eigenvalue weighted by atomic mass is 35.5. The maximum atomic E-state index is 10.6. The molecule has 0 bridgehead atoms. The number of ether oxygens (including phenoxy) is 1. The molecule has 0 radical (unpaired) electrons. The van der Waals surface area contributed by atoms with Crippen LogP contribution in [0.25, 0.3) is 0 Å². The monoisotopic (exact) mass is 256 g/mol. The highest BCUT2D eigenvalue weighted by Gasteiger charge is 2.17. The van der Waals surface area contributed by atoms with Crippen LogP contribution in [0.1, 0.15) is 6.42 Å². The van der Waals surface area contributed by atoms with Gasteiger partial charge in [-0.15, -0.1) is 0 Å². The van der Waals surface area contributed by atoms with E-state index in [1.54, 1.807) is 0 Å². The second-order valence-electron chi connectivity index (χ2n) is 4.04. The van der Waals surface area contributed by atoms with Crippen molar-refractivity contribution in [3.8, 4) is 5.75 Å². The van der Waals surface area contributed by atoms with Crippen molar-refractivity contribution in [3.63, 3.8) is 0 Å². The summed E-state index contributed by atoms with van der Waals surface area (Å²) in [6.45, 7) is 2.46. The van der Waals surface area contributed by atoms with Crippen molar-refractivity contribution in [2.75, 3.05) is 19.7 Å². The Bertz CT molecular complexity index is 419. The van der Waals surface area contributed by atoms with Crippen molar-refractivity contribution in [1.29, 1.82) is 0 Å². The highest BCUT2D eigenvalue weighted by molar-refractivity contribution is 6.32. The number of nitrogens with zero attached hydrogens (tertiary/aromatic N) is 1. The number of nitrogens with one attached hydrogen (secondary N) is 1. The highest BCUT2D eigenvalue weighted by Crippen LogP contribution is 2.29. The third kappa shape index (κ3) is 3.08. The Morgan fingerprint density at radius 2 is 2.41 bits per heavy atom. The van der Waals surface area contributed by atoms with Gasteiger partial charge in [-0.1, -0.05) is 11.6 Å². The topological polar surface area (TPSA) is 64.4 Å². The Balaban J connectivity index is 2.03. The molecule has 0 aromatic heterocycles. The van der Waals surface area contributed by atoms with Crippen LogP contribution in [0.15, 0.2) is 18.2 Å². The minimum atomic E-state index is -0.458. The number of hydrogen-bond donors (Lipinski definition) is 1. The standard InChI is InChI=1S/C11H13ClN2O3/c12-10-2-1-9(14(15)16)5-11(10)17-7-8-3-4-13-6-8/h1-2,5,8,13H,3-4,6-7H2. The lowest BCUT2D eigenvalue weighted by atomic mass is 10.1. The van der Waals surface area contributed by atoms with E-state index in [9.17, 15) is 10.1 Å². The predicted octanol–water partition coefficient (Wildman–Crippen LogP) is 2.24. The molecule has 0 aliphatic carbocycles. The lowest BCUT2D eigenvalue weighted by Crippen LogP contribution is -2.15. The first-order chi connectivity index (χ1) is 8.16. The number of hydrogen-bond acceptors (Lipinski definition) is 4. The Labute approximate surface area is 104 Å². The number of rotatable bonds is 4. The zero-order chi connectivity index (χ0) is 12.3. The summed E-state index contributed by atoms with van der Waals surface area (Å²) in [5.41, 5.74) is -0.00560. The molecule has 0 saturated carbocycles. The molecule has 1 atom stereocenters. The van der Waals surface area contributed by atoms with Crippen molar-refractivity contribution in [1.82, 2.24) is 5.32 Å². The summed E-state index contributed by atoms with van der Waals surface area (Å²) in [6, 6.07) is 4.22. The Kier molecular flexibility index (Phi) is 3.81. The van der Waals surface area contributed by atoms with Gasteiger partial charge in [-0.2, -0.15) is 0 Å². The minimum absolute atomic E-state index is 0.00560. The van der Waals surface area contributed by atoms with Crippen LogP contribution < -0.4 is 10.1 Å². The number of benzene rings is 1. The van der Waals surface area contributed by atoms with Gasteiger partial charge in [0.1, 0.15) is 5.75 Å². The molecule has 1 unspecified atom stereocenters. The van der Waals surface area contributed by atoms with Gasteiger partial charge in [-0.05, 0) is 19.0 Å². The molecule has 0 amide bonds. The predicted molar refractivity (Wildman–Crippen MR) is 64.6 cm³/mol. The van der Waals surface area contributed by atoms with Crippen molar-refractivity contribution < 1.29 is 9.66 Å². The van der Waals surface area contributed by atoms with Crippen LogP contribution in [0.3, 0.4) is 0 Å². The van der Waals surface area contributed by atoms with Gasteiger partial charge < -0.3 is 10.1 Å². The smallest absolute Gasteiger partial charge is 0.273 e. The Morgan fingerprint density at radius 3 is 3.06 bits per heavy atom. The van der Waals surface area contributed by atoms with Crippen LogP contribution >= 0.6 is 11.6 Å². The Morgan fingerprint density at radius 1 is 1.59 bits per heavy atom. The normalized spacial score (nSPS) is 19.2. The molecular formula is C11H13ClN2O3. The van der Waals surface area contributed by atoms with E-state index in [0.717, 1.165) is 19.5 Å². The van der Waals surface area contributed by atoms with Gasteiger partial charge in [0.25, 0.3) is 5.69 Å². The Hall–Kier alpha value is -1.33. The van der Waals surface area contributed by atoms with E-state index < -0.39 is 4.92 Å². The van der Waals surface area contributed by atoms with E-state index in [1.807, 2.05) is 0 Å². The third-order valence-corrected chi connectivity index (χ3v) is 3.07. The lowest BCUT2D eigenvalue weighted by molar-refractivity contribution is -0.384. The maximum Gasteiger partial charge on any atom is 0.273 e. The second kappa shape index (κ2) is 5.33. The molecule has 5 nitrogen and oxygen atoms in total. The first kappa shape index (κ1) is 12.1. The molecule has 6 heteroatoms. The molecule has 1 fully saturated rings. The first-order valence-electron chi connectivity index (χ1n) is 5.44. The van der Waals surface area contributed by atoms with E-state index in [4.69, 9.17) is 16.3 Å². The average molecular weight is 257 g/mol. The molecule has 1 aliphatic rings. The number of nitro groups is 1. The maximum absolute atomic E-state index is 10.6. The molecule has 2 rings (SSSR count). The molecule has 1 aliphatic heterocycles. The fraction of sp³-hybridized carbons (Fsp3) is 0.455. The van der Waals surface area contributed by atoms with Crippen LogP contribution in [0.5, 0.6) is 5.75 Å². The fourth-order valence-electron chi connectivity index (χ4n) is 1.78. The average Bonchev–Trinajstić information content (AvgIpc) is 2.80. The molecular weight excluding hydrogens is 244 g/mol. The van der Waals surface area contributed by atoms with Crippen molar-refractivity contribution in [3.05, 3.63) is 33.3 Å². The van der Waals surface area contributed by atoms with E-state index in [1.165, 1.54) is 18.2 Å². The van der Waals surface area contributed by atoms with Crippen LogP contribution in [-0.4, -0.2) is 24.6 Å². The van der Waals surface area contributed by atoms with E-state index in [2.05, 4.69) is 5.32 Å². The summed E-state index contributed by atoms with van der Waals surface area (Å²) < 4.78 is 5.54. The summed E-state index contributed by atoms with van der Waals surface area (Å²) in [5.74, 6) is 0.832. The second-order valence-corrected chi connectivity index (χ2v) is 4.45. The van der Waals surface area contributed by atoms with Crippen LogP contribution in [0, 0.1) is 16.0 Å². The molecule has 1 aromatic carbocycles. The zero-order valence-corrected chi connectivity index (χ0v) is 9.94. The summed E-state index contributed by atoms with van der Waals surface area (Å²) >= 11 is 5.92.